The van der Waals surface area contributed by atoms with Crippen molar-refractivity contribution in [2.75, 3.05) is 19.7 Å². The number of nitrogens with zero attached hydrogens (tertiary/aromatic N) is 1. The molecule has 5 nitrogen and oxygen atoms in total. The molecule has 1 saturated heterocycles. The van der Waals surface area contributed by atoms with Crippen LogP contribution in [-0.2, 0) is 11.2 Å². The second-order valence-corrected chi connectivity index (χ2v) is 6.28. The number of hydrogen-bond donors (Lipinski definition) is 2. The number of amides is 2. The minimum absolute atomic E-state index is 0.0506. The molecule has 1 aromatic rings. The highest BCUT2D eigenvalue weighted by Gasteiger charge is 2.28. The van der Waals surface area contributed by atoms with Crippen molar-refractivity contribution < 1.29 is 14.6 Å². The first kappa shape index (κ1) is 17.8. The second-order valence-electron chi connectivity index (χ2n) is 6.28. The van der Waals surface area contributed by atoms with Gasteiger partial charge in [0.25, 0.3) is 0 Å². The Balaban J connectivity index is 1.94. The highest BCUT2D eigenvalue weighted by molar-refractivity contribution is 5.74. The largest absolute Gasteiger partial charge is 0.394 e. The van der Waals surface area contributed by atoms with Crippen molar-refractivity contribution in [1.29, 1.82) is 0 Å². The monoisotopic (exact) mass is 320 g/mol. The number of carbonyl (C=O) groups is 1. The van der Waals surface area contributed by atoms with Crippen LogP contribution >= 0.6 is 0 Å². The van der Waals surface area contributed by atoms with Crippen LogP contribution in [0.15, 0.2) is 30.3 Å². The van der Waals surface area contributed by atoms with Gasteiger partial charge in [0.1, 0.15) is 0 Å². The highest BCUT2D eigenvalue weighted by atomic mass is 16.5. The van der Waals surface area contributed by atoms with Crippen molar-refractivity contribution >= 4 is 6.03 Å². The molecule has 1 aliphatic rings. The molecule has 0 aliphatic carbocycles. The lowest BCUT2D eigenvalue weighted by molar-refractivity contribution is -0.0835. The lowest BCUT2D eigenvalue weighted by atomic mass is 10.0. The molecular weight excluding hydrogens is 292 g/mol. The average molecular weight is 320 g/mol. The fraction of sp³-hybridized carbons (Fsp3) is 0.611. The van der Waals surface area contributed by atoms with Gasteiger partial charge in [-0.15, -0.1) is 0 Å². The lowest BCUT2D eigenvalue weighted by Crippen LogP contribution is -2.55. The summed E-state index contributed by atoms with van der Waals surface area (Å²) >= 11 is 0. The molecule has 5 heteroatoms. The van der Waals surface area contributed by atoms with Gasteiger partial charge in [0.15, 0.2) is 0 Å². The maximum Gasteiger partial charge on any atom is 0.317 e. The first-order valence-electron chi connectivity index (χ1n) is 8.48. The van der Waals surface area contributed by atoms with Crippen LogP contribution in [-0.4, -0.2) is 54.0 Å². The Bertz CT molecular complexity index is 480. The highest BCUT2D eigenvalue weighted by Crippen LogP contribution is 2.13. The minimum Gasteiger partial charge on any atom is -0.394 e. The molecule has 1 aliphatic heterocycles. The fourth-order valence-corrected chi connectivity index (χ4v) is 3.05. The smallest absolute Gasteiger partial charge is 0.317 e. The molecule has 3 atom stereocenters. The predicted octanol–water partition coefficient (Wildman–Crippen LogP) is 2.19. The fourth-order valence-electron chi connectivity index (χ4n) is 3.05. The Morgan fingerprint density at radius 3 is 2.78 bits per heavy atom. The molecule has 0 radical (unpaired) electrons. The maximum absolute atomic E-state index is 12.6. The number of benzene rings is 1. The van der Waals surface area contributed by atoms with Crippen LogP contribution in [0.1, 0.15) is 32.3 Å². The van der Waals surface area contributed by atoms with Gasteiger partial charge in [-0.2, -0.15) is 0 Å². The van der Waals surface area contributed by atoms with E-state index in [1.165, 1.54) is 5.56 Å². The van der Waals surface area contributed by atoms with Gasteiger partial charge in [0.05, 0.1) is 25.4 Å². The van der Waals surface area contributed by atoms with E-state index in [-0.39, 0.29) is 30.9 Å². The van der Waals surface area contributed by atoms with Crippen molar-refractivity contribution in [3.05, 3.63) is 35.9 Å². The summed E-state index contributed by atoms with van der Waals surface area (Å²) in [6.45, 7) is 5.00. The van der Waals surface area contributed by atoms with Crippen LogP contribution in [0.25, 0.3) is 0 Å². The van der Waals surface area contributed by atoms with Crippen molar-refractivity contribution in [3.63, 3.8) is 0 Å². The van der Waals surface area contributed by atoms with Gasteiger partial charge in [0, 0.05) is 12.6 Å². The third-order valence-corrected chi connectivity index (χ3v) is 4.11. The third kappa shape index (κ3) is 5.52. The molecule has 23 heavy (non-hydrogen) atoms. The molecule has 2 amide bonds. The van der Waals surface area contributed by atoms with Gasteiger partial charge >= 0.3 is 6.03 Å². The van der Waals surface area contributed by atoms with E-state index in [1.807, 2.05) is 25.1 Å². The Hall–Kier alpha value is -1.59. The molecular formula is C18H28N2O3. The topological polar surface area (TPSA) is 61.8 Å². The summed E-state index contributed by atoms with van der Waals surface area (Å²) in [5, 5.41) is 12.4. The first-order chi connectivity index (χ1) is 11.1. The second kappa shape index (κ2) is 8.89. The number of urea groups is 1. The minimum atomic E-state index is -0.289. The molecule has 2 N–H and O–H groups in total. The Labute approximate surface area is 138 Å². The molecule has 1 fully saturated rings. The zero-order chi connectivity index (χ0) is 16.7. The van der Waals surface area contributed by atoms with Crippen LogP contribution in [0.3, 0.4) is 0 Å². The lowest BCUT2D eigenvalue weighted by Gasteiger charge is -2.36. The first-order valence-corrected chi connectivity index (χ1v) is 8.48. The number of carbonyl (C=O) groups excluding carboxylic acids is 1. The molecule has 0 saturated carbocycles. The summed E-state index contributed by atoms with van der Waals surface area (Å²) in [6, 6.07) is 10.3. The average Bonchev–Trinajstić information content (AvgIpc) is 2.55. The molecule has 0 bridgehead atoms. The summed E-state index contributed by atoms with van der Waals surface area (Å²) in [5.41, 5.74) is 1.23. The summed E-state index contributed by atoms with van der Waals surface area (Å²) in [5.74, 6) is 0. The van der Waals surface area contributed by atoms with Gasteiger partial charge in [0.2, 0.25) is 0 Å². The van der Waals surface area contributed by atoms with Crippen LogP contribution in [0.2, 0.25) is 0 Å². The molecule has 0 aromatic heterocycles. The normalized spacial score (nSPS) is 22.7. The van der Waals surface area contributed by atoms with Crippen LogP contribution in [0, 0.1) is 0 Å². The van der Waals surface area contributed by atoms with Crippen molar-refractivity contribution in [2.45, 2.75) is 51.4 Å². The van der Waals surface area contributed by atoms with E-state index >= 15 is 0 Å². The van der Waals surface area contributed by atoms with E-state index in [0.717, 1.165) is 19.3 Å². The summed E-state index contributed by atoms with van der Waals surface area (Å²) in [6.07, 6.45) is 2.47. The van der Waals surface area contributed by atoms with E-state index in [0.29, 0.717) is 13.1 Å². The number of morpholine rings is 1. The molecule has 128 valence electrons. The van der Waals surface area contributed by atoms with Gasteiger partial charge in [-0.3, -0.25) is 0 Å². The van der Waals surface area contributed by atoms with Crippen molar-refractivity contribution in [3.8, 4) is 0 Å². The molecule has 1 heterocycles. The SMILES string of the molecule is CCC[C@H](Cc1ccccc1)NC(=O)N1C[C@@H](CO)O[C@@H](C)C1. The standard InChI is InChI=1S/C18H28N2O3/c1-3-7-16(10-15-8-5-4-6-9-15)19-18(22)20-11-14(2)23-17(12-20)13-21/h4-6,8-9,14,16-17,21H,3,7,10-13H2,1-2H3,(H,19,22)/t14-,16+,17-/m0/s1. The Morgan fingerprint density at radius 1 is 1.39 bits per heavy atom. The Morgan fingerprint density at radius 2 is 2.13 bits per heavy atom. The van der Waals surface area contributed by atoms with Gasteiger partial charge in [-0.1, -0.05) is 43.7 Å². The van der Waals surface area contributed by atoms with E-state index in [2.05, 4.69) is 24.4 Å². The number of nitrogens with one attached hydrogen (secondary N) is 1. The number of hydrogen-bond acceptors (Lipinski definition) is 3. The predicted molar refractivity (Wildman–Crippen MR) is 90.4 cm³/mol. The van der Waals surface area contributed by atoms with Crippen molar-refractivity contribution in [1.82, 2.24) is 10.2 Å². The van der Waals surface area contributed by atoms with Gasteiger partial charge < -0.3 is 20.1 Å². The summed E-state index contributed by atoms with van der Waals surface area (Å²) < 4.78 is 5.59. The number of rotatable bonds is 6. The van der Waals surface area contributed by atoms with E-state index in [4.69, 9.17) is 4.74 Å². The number of aliphatic hydroxyl groups is 1. The number of aliphatic hydroxyl groups excluding tert-OH is 1. The molecule has 0 unspecified atom stereocenters. The summed E-state index contributed by atoms with van der Waals surface area (Å²) in [4.78, 5) is 14.3. The van der Waals surface area contributed by atoms with Crippen LogP contribution in [0.5, 0.6) is 0 Å². The van der Waals surface area contributed by atoms with E-state index < -0.39 is 0 Å². The summed E-state index contributed by atoms with van der Waals surface area (Å²) in [7, 11) is 0. The van der Waals surface area contributed by atoms with Crippen LogP contribution in [0.4, 0.5) is 4.79 Å². The van der Waals surface area contributed by atoms with Gasteiger partial charge in [-0.05, 0) is 25.3 Å². The zero-order valence-electron chi connectivity index (χ0n) is 14.1. The zero-order valence-corrected chi connectivity index (χ0v) is 14.1. The molecule has 0 spiro atoms. The quantitative estimate of drug-likeness (QED) is 0.844. The Kier molecular flexibility index (Phi) is 6.86. The van der Waals surface area contributed by atoms with Crippen LogP contribution < -0.4 is 5.32 Å². The number of ether oxygens (including phenoxy) is 1. The maximum atomic E-state index is 12.6. The van der Waals surface area contributed by atoms with E-state index in [9.17, 15) is 9.90 Å². The molecule has 2 rings (SSSR count). The van der Waals surface area contributed by atoms with E-state index in [1.54, 1.807) is 4.90 Å². The van der Waals surface area contributed by atoms with Crippen molar-refractivity contribution in [2.24, 2.45) is 0 Å². The third-order valence-electron chi connectivity index (χ3n) is 4.11. The van der Waals surface area contributed by atoms with Gasteiger partial charge in [-0.25, -0.2) is 4.79 Å². The molecule has 1 aromatic carbocycles.